The summed E-state index contributed by atoms with van der Waals surface area (Å²) >= 11 is 0. The van der Waals surface area contributed by atoms with Crippen LogP contribution in [0.3, 0.4) is 0 Å². The number of guanidine groups is 1. The number of benzene rings is 1. The Kier molecular flexibility index (Phi) is 6.62. The Hall–Kier alpha value is -1.60. The average molecular weight is 353 g/mol. The first-order valence-electron chi connectivity index (χ1n) is 8.45. The minimum absolute atomic E-state index is 0.0141. The molecule has 0 unspecified atom stereocenters. The normalized spacial score (nSPS) is 16.2. The van der Waals surface area contributed by atoms with Crippen molar-refractivity contribution in [1.29, 1.82) is 0 Å². The summed E-state index contributed by atoms with van der Waals surface area (Å²) in [5.74, 6) is 1.19. The predicted octanol–water partition coefficient (Wildman–Crippen LogP) is 1.72. The summed E-state index contributed by atoms with van der Waals surface area (Å²) in [6.07, 6.45) is 3.87. The van der Waals surface area contributed by atoms with Crippen LogP contribution in [-0.4, -0.2) is 27.0 Å². The van der Waals surface area contributed by atoms with Gasteiger partial charge < -0.3 is 11.1 Å². The molecule has 1 aliphatic carbocycles. The predicted molar refractivity (Wildman–Crippen MR) is 98.0 cm³/mol. The number of nitrogens with zero attached hydrogens (tertiary/aromatic N) is 1. The third-order valence-electron chi connectivity index (χ3n) is 4.02. The lowest BCUT2D eigenvalue weighted by Gasteiger charge is -2.25. The van der Waals surface area contributed by atoms with Crippen LogP contribution < -0.4 is 15.8 Å². The number of hydrogen-bond donors (Lipinski definition) is 3. The zero-order valence-electron chi connectivity index (χ0n) is 14.5. The van der Waals surface area contributed by atoms with Gasteiger partial charge in [0.2, 0.25) is 10.0 Å². The Balaban J connectivity index is 1.82. The van der Waals surface area contributed by atoms with E-state index < -0.39 is 10.0 Å². The fraction of sp³-hybridized carbons (Fsp3) is 0.588. The van der Waals surface area contributed by atoms with E-state index in [1.807, 2.05) is 38.1 Å². The van der Waals surface area contributed by atoms with Crippen molar-refractivity contribution in [3.63, 3.8) is 0 Å². The molecule has 0 saturated heterocycles. The zero-order chi connectivity index (χ0) is 17.6. The second kappa shape index (κ2) is 8.48. The maximum Gasteiger partial charge on any atom is 0.216 e. The molecule has 1 saturated carbocycles. The van der Waals surface area contributed by atoms with Crippen molar-refractivity contribution in [2.75, 3.05) is 6.54 Å². The summed E-state index contributed by atoms with van der Waals surface area (Å²) in [6, 6.07) is 7.33. The van der Waals surface area contributed by atoms with Gasteiger partial charge in [0.1, 0.15) is 0 Å². The molecular formula is C17H28N4O2S. The number of nitrogens with one attached hydrogen (secondary N) is 2. The van der Waals surface area contributed by atoms with Crippen LogP contribution >= 0.6 is 0 Å². The Morgan fingerprint density at radius 3 is 2.42 bits per heavy atom. The van der Waals surface area contributed by atoms with Crippen molar-refractivity contribution in [3.05, 3.63) is 35.4 Å². The van der Waals surface area contributed by atoms with Crippen molar-refractivity contribution in [2.24, 2.45) is 16.6 Å². The van der Waals surface area contributed by atoms with Crippen molar-refractivity contribution in [1.82, 2.24) is 10.0 Å². The van der Waals surface area contributed by atoms with Crippen LogP contribution in [0, 0.1) is 5.92 Å². The minimum Gasteiger partial charge on any atom is -0.370 e. The van der Waals surface area contributed by atoms with Gasteiger partial charge in [-0.05, 0) is 43.7 Å². The Labute approximate surface area is 145 Å². The summed E-state index contributed by atoms with van der Waals surface area (Å²) in [6.45, 7) is 5.00. The average Bonchev–Trinajstić information content (AvgIpc) is 2.43. The lowest BCUT2D eigenvalue weighted by atomic mass is 9.85. The van der Waals surface area contributed by atoms with Crippen LogP contribution in [0.4, 0.5) is 0 Å². The molecule has 0 radical (unpaired) electrons. The molecule has 0 aromatic heterocycles. The summed E-state index contributed by atoms with van der Waals surface area (Å²) in [5.41, 5.74) is 7.62. The third-order valence-corrected chi connectivity index (χ3v) is 5.57. The highest BCUT2D eigenvalue weighted by Crippen LogP contribution is 2.24. The highest BCUT2D eigenvalue weighted by Gasteiger charge is 2.16. The van der Waals surface area contributed by atoms with E-state index in [4.69, 9.17) is 5.73 Å². The quantitative estimate of drug-likeness (QED) is 0.490. The maximum atomic E-state index is 11.9. The maximum absolute atomic E-state index is 11.9. The second-order valence-electron chi connectivity index (χ2n) is 6.73. The van der Waals surface area contributed by atoms with E-state index in [1.54, 1.807) is 0 Å². The molecule has 1 aromatic carbocycles. The number of nitrogens with two attached hydrogens (primary N) is 1. The van der Waals surface area contributed by atoms with E-state index in [0.29, 0.717) is 12.5 Å². The molecule has 0 amide bonds. The minimum atomic E-state index is -3.29. The van der Waals surface area contributed by atoms with Crippen LogP contribution in [0.5, 0.6) is 0 Å². The van der Waals surface area contributed by atoms with Gasteiger partial charge in [-0.3, -0.25) is 0 Å². The van der Waals surface area contributed by atoms with Crippen LogP contribution in [0.2, 0.25) is 0 Å². The molecular weight excluding hydrogens is 324 g/mol. The highest BCUT2D eigenvalue weighted by atomic mass is 32.2. The number of hydrogen-bond acceptors (Lipinski definition) is 3. The van der Waals surface area contributed by atoms with Gasteiger partial charge in [-0.1, -0.05) is 30.7 Å². The molecule has 4 N–H and O–H groups in total. The van der Waals surface area contributed by atoms with Gasteiger partial charge in [-0.15, -0.1) is 0 Å². The molecule has 0 aliphatic heterocycles. The van der Waals surface area contributed by atoms with E-state index in [2.05, 4.69) is 15.0 Å². The van der Waals surface area contributed by atoms with Gasteiger partial charge in [-0.25, -0.2) is 18.1 Å². The SMILES string of the molecule is CC(C)NS(=O)(=O)Cc1ccc(CN=C(N)NCC2CCC2)cc1. The van der Waals surface area contributed by atoms with Gasteiger partial charge in [0.15, 0.2) is 5.96 Å². The van der Waals surface area contributed by atoms with E-state index in [1.165, 1.54) is 19.3 Å². The van der Waals surface area contributed by atoms with Gasteiger partial charge in [0, 0.05) is 12.6 Å². The molecule has 0 heterocycles. The van der Waals surface area contributed by atoms with E-state index in [-0.39, 0.29) is 11.8 Å². The lowest BCUT2D eigenvalue weighted by Crippen LogP contribution is -2.37. The monoisotopic (exact) mass is 352 g/mol. The molecule has 7 heteroatoms. The van der Waals surface area contributed by atoms with Gasteiger partial charge in [0.25, 0.3) is 0 Å². The van der Waals surface area contributed by atoms with Gasteiger partial charge in [0.05, 0.1) is 12.3 Å². The summed E-state index contributed by atoms with van der Waals surface area (Å²) in [5, 5.41) is 3.16. The first kappa shape index (κ1) is 18.7. The summed E-state index contributed by atoms with van der Waals surface area (Å²) in [7, 11) is -3.29. The number of rotatable bonds is 8. The topological polar surface area (TPSA) is 96.6 Å². The molecule has 2 rings (SSSR count). The van der Waals surface area contributed by atoms with Crippen LogP contribution in [-0.2, 0) is 22.3 Å². The smallest absolute Gasteiger partial charge is 0.216 e. The summed E-state index contributed by atoms with van der Waals surface area (Å²) < 4.78 is 26.4. The molecule has 134 valence electrons. The van der Waals surface area contributed by atoms with Crippen LogP contribution in [0.15, 0.2) is 29.3 Å². The molecule has 0 spiro atoms. The summed E-state index contributed by atoms with van der Waals surface area (Å²) in [4.78, 5) is 4.32. The van der Waals surface area contributed by atoms with Crippen molar-refractivity contribution >= 4 is 16.0 Å². The molecule has 1 aromatic rings. The van der Waals surface area contributed by atoms with Crippen LogP contribution in [0.1, 0.15) is 44.2 Å². The molecule has 1 aliphatic rings. The molecule has 24 heavy (non-hydrogen) atoms. The zero-order valence-corrected chi connectivity index (χ0v) is 15.3. The largest absolute Gasteiger partial charge is 0.370 e. The standard InChI is InChI=1S/C17H28N4O2S/c1-13(2)21-24(22,23)12-16-8-6-15(7-9-16)11-20-17(18)19-10-14-4-3-5-14/h6-9,13-14,21H,3-5,10-12H2,1-2H3,(H3,18,19,20). The molecule has 0 atom stereocenters. The lowest BCUT2D eigenvalue weighted by molar-refractivity contribution is 0.315. The number of sulfonamides is 1. The Morgan fingerprint density at radius 2 is 1.88 bits per heavy atom. The third kappa shape index (κ3) is 6.49. The molecule has 1 fully saturated rings. The second-order valence-corrected chi connectivity index (χ2v) is 8.48. The van der Waals surface area contributed by atoms with Crippen molar-refractivity contribution in [2.45, 2.75) is 51.4 Å². The molecule has 0 bridgehead atoms. The van der Waals surface area contributed by atoms with Crippen molar-refractivity contribution < 1.29 is 8.42 Å². The van der Waals surface area contributed by atoms with Gasteiger partial charge >= 0.3 is 0 Å². The van der Waals surface area contributed by atoms with E-state index in [9.17, 15) is 8.42 Å². The fourth-order valence-electron chi connectivity index (χ4n) is 2.54. The van der Waals surface area contributed by atoms with Crippen molar-refractivity contribution in [3.8, 4) is 0 Å². The Morgan fingerprint density at radius 1 is 1.25 bits per heavy atom. The van der Waals surface area contributed by atoms with E-state index in [0.717, 1.165) is 23.6 Å². The molecule has 6 nitrogen and oxygen atoms in total. The highest BCUT2D eigenvalue weighted by molar-refractivity contribution is 7.88. The fourth-order valence-corrected chi connectivity index (χ4v) is 3.97. The van der Waals surface area contributed by atoms with Gasteiger partial charge in [-0.2, -0.15) is 0 Å². The number of aliphatic imine (C=N–C) groups is 1. The van der Waals surface area contributed by atoms with E-state index >= 15 is 0 Å². The Bertz CT molecular complexity index is 650. The first-order chi connectivity index (χ1) is 11.3. The first-order valence-corrected chi connectivity index (χ1v) is 10.1. The van der Waals surface area contributed by atoms with Crippen LogP contribution in [0.25, 0.3) is 0 Å².